The summed E-state index contributed by atoms with van der Waals surface area (Å²) in [5.41, 5.74) is 0.361. The monoisotopic (exact) mass is 353 g/mol. The summed E-state index contributed by atoms with van der Waals surface area (Å²) in [6.07, 6.45) is 4.66. The Hall–Kier alpha value is -2.18. The molecule has 1 aliphatic carbocycles. The molecular weight excluding hydrogens is 334 g/mol. The van der Waals surface area contributed by atoms with Gasteiger partial charge in [-0.05, 0) is 31.5 Å². The van der Waals surface area contributed by atoms with Gasteiger partial charge in [-0.2, -0.15) is 0 Å². The minimum atomic E-state index is -1.26. The van der Waals surface area contributed by atoms with Crippen LogP contribution in [0.5, 0.6) is 0 Å². The fourth-order valence-corrected chi connectivity index (χ4v) is 2.96. The number of nitrogens with one attached hydrogen (secondary N) is 1. The van der Waals surface area contributed by atoms with Crippen LogP contribution in [0.3, 0.4) is 0 Å². The topological polar surface area (TPSA) is 104 Å². The molecule has 1 aromatic rings. The molecule has 0 aliphatic heterocycles. The number of aliphatic carboxylic acids is 2. The number of carbonyl (C=O) groups is 3. The molecule has 0 spiro atoms. The van der Waals surface area contributed by atoms with Crippen LogP contribution in [0.2, 0.25) is 5.02 Å². The van der Waals surface area contributed by atoms with Crippen molar-refractivity contribution in [2.24, 2.45) is 0 Å². The molecular formula is C17H20ClNO5. The summed E-state index contributed by atoms with van der Waals surface area (Å²) >= 11 is 6.20. The second-order valence-electron chi connectivity index (χ2n) is 5.28. The van der Waals surface area contributed by atoms with Gasteiger partial charge in [0.1, 0.15) is 5.54 Å². The summed E-state index contributed by atoms with van der Waals surface area (Å²) in [4.78, 5) is 31.3. The summed E-state index contributed by atoms with van der Waals surface area (Å²) in [5.74, 6) is -2.26. The maximum absolute atomic E-state index is 12.2. The number of ketones is 1. The van der Waals surface area contributed by atoms with Crippen molar-refractivity contribution in [2.75, 3.05) is 7.05 Å². The quantitative estimate of drug-likeness (QED) is 0.719. The van der Waals surface area contributed by atoms with E-state index in [1.807, 2.05) is 31.3 Å². The Balaban J connectivity index is 0.000000307. The lowest BCUT2D eigenvalue weighted by atomic mass is 9.75. The van der Waals surface area contributed by atoms with Crippen LogP contribution >= 0.6 is 11.6 Å². The molecule has 1 aliphatic rings. The van der Waals surface area contributed by atoms with Crippen molar-refractivity contribution in [3.05, 3.63) is 47.0 Å². The number of carboxylic acids is 2. The highest BCUT2D eigenvalue weighted by Gasteiger charge is 2.40. The number of Topliss-reactive ketones (excluding diaryl/α,β-unsaturated/α-hetero) is 1. The van der Waals surface area contributed by atoms with E-state index in [2.05, 4.69) is 5.32 Å². The van der Waals surface area contributed by atoms with Gasteiger partial charge in [-0.1, -0.05) is 36.2 Å². The first kappa shape index (κ1) is 19.9. The molecule has 0 aromatic heterocycles. The van der Waals surface area contributed by atoms with Crippen molar-refractivity contribution in [3.63, 3.8) is 0 Å². The van der Waals surface area contributed by atoms with Crippen LogP contribution in [0.25, 0.3) is 0 Å². The van der Waals surface area contributed by atoms with Crippen molar-refractivity contribution in [1.29, 1.82) is 0 Å². The fraction of sp³-hybridized carbons (Fsp3) is 0.353. The molecule has 0 radical (unpaired) electrons. The minimum Gasteiger partial charge on any atom is -0.478 e. The predicted octanol–water partition coefficient (Wildman–Crippen LogP) is 2.61. The fourth-order valence-electron chi connectivity index (χ4n) is 2.66. The molecule has 0 saturated heterocycles. The van der Waals surface area contributed by atoms with Crippen molar-refractivity contribution in [2.45, 2.75) is 31.2 Å². The van der Waals surface area contributed by atoms with Crippen LogP contribution in [-0.4, -0.2) is 35.0 Å². The Morgan fingerprint density at radius 1 is 1.17 bits per heavy atom. The molecule has 1 fully saturated rings. The van der Waals surface area contributed by atoms with E-state index in [1.165, 1.54) is 0 Å². The molecule has 7 heteroatoms. The van der Waals surface area contributed by atoms with E-state index in [0.717, 1.165) is 24.8 Å². The number of halogens is 1. The molecule has 1 atom stereocenters. The summed E-state index contributed by atoms with van der Waals surface area (Å²) in [6.45, 7) is 0. The lowest BCUT2D eigenvalue weighted by molar-refractivity contribution is -0.134. The Morgan fingerprint density at radius 2 is 1.75 bits per heavy atom. The summed E-state index contributed by atoms with van der Waals surface area (Å²) in [7, 11) is 1.84. The number of carboxylic acid groups (broad SMARTS) is 2. The summed E-state index contributed by atoms with van der Waals surface area (Å²) < 4.78 is 0. The second-order valence-corrected chi connectivity index (χ2v) is 5.68. The van der Waals surface area contributed by atoms with E-state index >= 15 is 0 Å². The highest BCUT2D eigenvalue weighted by Crippen LogP contribution is 2.37. The van der Waals surface area contributed by atoms with Gasteiger partial charge in [-0.3, -0.25) is 4.79 Å². The van der Waals surface area contributed by atoms with Gasteiger partial charge in [0.2, 0.25) is 0 Å². The Kier molecular flexibility index (Phi) is 7.61. The number of benzene rings is 1. The first-order chi connectivity index (χ1) is 11.3. The zero-order valence-electron chi connectivity index (χ0n) is 13.3. The summed E-state index contributed by atoms with van der Waals surface area (Å²) in [5, 5.41) is 19.5. The number of likely N-dealkylation sites (N-methyl/N-ethyl adjacent to an activating group) is 1. The maximum Gasteiger partial charge on any atom is 0.328 e. The van der Waals surface area contributed by atoms with Gasteiger partial charge in [0.25, 0.3) is 0 Å². The van der Waals surface area contributed by atoms with E-state index in [1.54, 1.807) is 0 Å². The van der Waals surface area contributed by atoms with E-state index < -0.39 is 17.5 Å². The Bertz CT molecular complexity index is 628. The first-order valence-electron chi connectivity index (χ1n) is 7.44. The van der Waals surface area contributed by atoms with Gasteiger partial charge in [0, 0.05) is 23.6 Å². The minimum absolute atomic E-state index is 0.259. The molecule has 0 amide bonds. The Morgan fingerprint density at radius 3 is 2.21 bits per heavy atom. The number of hydrogen-bond acceptors (Lipinski definition) is 4. The smallest absolute Gasteiger partial charge is 0.328 e. The second kappa shape index (κ2) is 9.20. The zero-order valence-corrected chi connectivity index (χ0v) is 14.0. The van der Waals surface area contributed by atoms with Crippen LogP contribution in [0.4, 0.5) is 0 Å². The third-order valence-corrected chi connectivity index (χ3v) is 4.14. The van der Waals surface area contributed by atoms with Gasteiger partial charge < -0.3 is 15.5 Å². The van der Waals surface area contributed by atoms with Gasteiger partial charge in [-0.15, -0.1) is 0 Å². The lowest BCUT2D eigenvalue weighted by Gasteiger charge is -2.36. The molecule has 1 aromatic carbocycles. The molecule has 24 heavy (non-hydrogen) atoms. The molecule has 130 valence electrons. The van der Waals surface area contributed by atoms with Crippen molar-refractivity contribution in [3.8, 4) is 0 Å². The van der Waals surface area contributed by atoms with Gasteiger partial charge in [-0.25, -0.2) is 9.59 Å². The highest BCUT2D eigenvalue weighted by atomic mass is 35.5. The molecule has 1 unspecified atom stereocenters. The van der Waals surface area contributed by atoms with E-state index in [4.69, 9.17) is 21.8 Å². The van der Waals surface area contributed by atoms with Gasteiger partial charge in [0.15, 0.2) is 5.78 Å². The molecule has 3 N–H and O–H groups in total. The number of carbonyl (C=O) groups excluding carboxylic acids is 1. The largest absolute Gasteiger partial charge is 0.478 e. The average Bonchev–Trinajstić information content (AvgIpc) is 2.55. The van der Waals surface area contributed by atoms with E-state index in [-0.39, 0.29) is 5.78 Å². The van der Waals surface area contributed by atoms with Crippen molar-refractivity contribution in [1.82, 2.24) is 5.32 Å². The lowest BCUT2D eigenvalue weighted by Crippen LogP contribution is -2.49. The molecule has 2 rings (SSSR count). The molecule has 0 heterocycles. The van der Waals surface area contributed by atoms with Crippen molar-refractivity contribution < 1.29 is 24.6 Å². The van der Waals surface area contributed by atoms with Gasteiger partial charge >= 0.3 is 11.9 Å². The molecule has 0 bridgehead atoms. The maximum atomic E-state index is 12.2. The van der Waals surface area contributed by atoms with Crippen LogP contribution in [0, 0.1) is 0 Å². The Labute approximate surface area is 145 Å². The van der Waals surface area contributed by atoms with Gasteiger partial charge in [0.05, 0.1) is 0 Å². The molecule has 1 saturated carbocycles. The van der Waals surface area contributed by atoms with Crippen LogP contribution in [0.1, 0.15) is 31.2 Å². The van der Waals surface area contributed by atoms with Crippen LogP contribution in [0.15, 0.2) is 36.4 Å². The summed E-state index contributed by atoms with van der Waals surface area (Å²) in [6, 6.07) is 7.62. The van der Waals surface area contributed by atoms with E-state index in [9.17, 15) is 14.4 Å². The average molecular weight is 354 g/mol. The predicted molar refractivity (Wildman–Crippen MR) is 90.1 cm³/mol. The third kappa shape index (κ3) is 5.18. The zero-order chi connectivity index (χ0) is 18.2. The normalized spacial score (nSPS) is 20.3. The van der Waals surface area contributed by atoms with Crippen molar-refractivity contribution >= 4 is 29.3 Å². The van der Waals surface area contributed by atoms with Crippen LogP contribution < -0.4 is 5.32 Å². The SMILES string of the molecule is CNC1(c2ccccc2Cl)CCCCC1=O.O=C(O)/C=C/C(=O)O. The first-order valence-corrected chi connectivity index (χ1v) is 7.82. The highest BCUT2D eigenvalue weighted by molar-refractivity contribution is 6.31. The number of rotatable bonds is 4. The van der Waals surface area contributed by atoms with Crippen LogP contribution in [-0.2, 0) is 19.9 Å². The van der Waals surface area contributed by atoms with E-state index in [0.29, 0.717) is 23.6 Å². The molecule has 6 nitrogen and oxygen atoms in total. The number of hydrogen-bond donors (Lipinski definition) is 3. The third-order valence-electron chi connectivity index (χ3n) is 3.81. The standard InChI is InChI=1S/C13H16ClNO.C4H4O4/c1-15-13(9-5-4-8-12(13)16)10-6-2-3-7-11(10)14;5-3(6)1-2-4(7)8/h2-3,6-7,15H,4-5,8-9H2,1H3;1-2H,(H,5,6)(H,7,8)/b;2-1+.